The van der Waals surface area contributed by atoms with Gasteiger partial charge in [-0.15, -0.1) is 0 Å². The van der Waals surface area contributed by atoms with Crippen LogP contribution in [-0.2, 0) is 0 Å². The smallest absolute Gasteiger partial charge is 0.0596 e. The van der Waals surface area contributed by atoms with Crippen molar-refractivity contribution < 1.29 is 5.21 Å². The lowest BCUT2D eigenvalue weighted by atomic mass is 10.1. The van der Waals surface area contributed by atoms with Crippen LogP contribution in [0.4, 0.5) is 0 Å². The summed E-state index contributed by atoms with van der Waals surface area (Å²) < 4.78 is 0. The van der Waals surface area contributed by atoms with E-state index in [-0.39, 0.29) is 0 Å². The Morgan fingerprint density at radius 3 is 2.12 bits per heavy atom. The Morgan fingerprint density at radius 2 is 1.76 bits per heavy atom. The molecule has 17 heavy (non-hydrogen) atoms. The molecule has 0 bridgehead atoms. The van der Waals surface area contributed by atoms with Crippen LogP contribution in [0.15, 0.2) is 5.16 Å². The predicted octanol–water partition coefficient (Wildman–Crippen LogP) is 2.33. The fourth-order valence-electron chi connectivity index (χ4n) is 1.77. The van der Waals surface area contributed by atoms with E-state index in [0.29, 0.717) is 0 Å². The highest BCUT2D eigenvalue weighted by atomic mass is 16.4. The number of oxime groups is 1. The summed E-state index contributed by atoms with van der Waals surface area (Å²) in [5.74, 6) is 0. The molecule has 2 N–H and O–H groups in total. The third kappa shape index (κ3) is 9.12. The van der Waals surface area contributed by atoms with E-state index < -0.39 is 0 Å². The van der Waals surface area contributed by atoms with Crippen molar-refractivity contribution in [2.24, 2.45) is 5.16 Å². The van der Waals surface area contributed by atoms with E-state index in [9.17, 15) is 0 Å². The topological polar surface area (TPSA) is 47.9 Å². The minimum atomic E-state index is 0.945. The standard InChI is InChI=1S/C9H18N2O.C4H11N/c1-2-3-6-11-7-4-9(10-12)5-8-11;1-3-5-4-2/h12H,2-8H2,1H3;5H,3-4H2,1-2H3. The first-order valence-corrected chi connectivity index (χ1v) is 6.91. The van der Waals surface area contributed by atoms with Crippen molar-refractivity contribution in [1.29, 1.82) is 0 Å². The second kappa shape index (κ2) is 11.9. The second-order valence-corrected chi connectivity index (χ2v) is 4.32. The molecule has 1 fully saturated rings. The van der Waals surface area contributed by atoms with Gasteiger partial charge in [0.1, 0.15) is 0 Å². The lowest BCUT2D eigenvalue weighted by Gasteiger charge is -2.26. The molecule has 0 aromatic carbocycles. The Labute approximate surface area is 106 Å². The lowest BCUT2D eigenvalue weighted by Crippen LogP contribution is -2.34. The molecule has 1 heterocycles. The second-order valence-electron chi connectivity index (χ2n) is 4.32. The molecule has 4 heteroatoms. The molecule has 0 unspecified atom stereocenters. The fourth-order valence-corrected chi connectivity index (χ4v) is 1.77. The van der Waals surface area contributed by atoms with Crippen LogP contribution in [0.1, 0.15) is 46.5 Å². The molecule has 0 saturated carbocycles. The van der Waals surface area contributed by atoms with Crippen molar-refractivity contribution in [1.82, 2.24) is 10.2 Å². The van der Waals surface area contributed by atoms with Gasteiger partial charge in [0.2, 0.25) is 0 Å². The summed E-state index contributed by atoms with van der Waals surface area (Å²) >= 11 is 0. The summed E-state index contributed by atoms with van der Waals surface area (Å²) in [4.78, 5) is 2.44. The molecule has 1 aliphatic rings. The third-order valence-electron chi connectivity index (χ3n) is 2.90. The van der Waals surface area contributed by atoms with Gasteiger partial charge in [-0.2, -0.15) is 0 Å². The van der Waals surface area contributed by atoms with Gasteiger partial charge in [0.15, 0.2) is 0 Å². The van der Waals surface area contributed by atoms with Gasteiger partial charge in [-0.25, -0.2) is 0 Å². The molecule has 1 aliphatic heterocycles. The van der Waals surface area contributed by atoms with E-state index in [0.717, 1.165) is 44.7 Å². The number of hydrogen-bond acceptors (Lipinski definition) is 4. The van der Waals surface area contributed by atoms with E-state index in [1.165, 1.54) is 19.4 Å². The molecule has 4 nitrogen and oxygen atoms in total. The van der Waals surface area contributed by atoms with Crippen LogP contribution in [0, 0.1) is 0 Å². The molecule has 0 atom stereocenters. The molecule has 0 aliphatic carbocycles. The highest BCUT2D eigenvalue weighted by Crippen LogP contribution is 2.07. The van der Waals surface area contributed by atoms with Crippen LogP contribution in [0.5, 0.6) is 0 Å². The Bertz CT molecular complexity index is 183. The molecule has 1 rings (SSSR count). The summed E-state index contributed by atoms with van der Waals surface area (Å²) in [5.41, 5.74) is 0.961. The van der Waals surface area contributed by atoms with Crippen LogP contribution >= 0.6 is 0 Å². The number of hydrogen-bond donors (Lipinski definition) is 2. The normalized spacial score (nSPS) is 16.3. The number of unbranched alkanes of at least 4 members (excludes halogenated alkanes) is 1. The van der Waals surface area contributed by atoms with Crippen LogP contribution in [0.2, 0.25) is 0 Å². The maximum atomic E-state index is 8.52. The first-order valence-electron chi connectivity index (χ1n) is 6.91. The minimum absolute atomic E-state index is 0.945. The average molecular weight is 243 g/mol. The van der Waals surface area contributed by atoms with Crippen molar-refractivity contribution in [2.75, 3.05) is 32.7 Å². The summed E-state index contributed by atoms with van der Waals surface area (Å²) in [7, 11) is 0. The Balaban J connectivity index is 0.000000437. The van der Waals surface area contributed by atoms with E-state index in [4.69, 9.17) is 5.21 Å². The zero-order valence-corrected chi connectivity index (χ0v) is 11.7. The highest BCUT2D eigenvalue weighted by Gasteiger charge is 2.13. The molecule has 1 saturated heterocycles. The summed E-state index contributed by atoms with van der Waals surface area (Å²) in [6, 6.07) is 0. The average Bonchev–Trinajstić information content (AvgIpc) is 2.38. The number of nitrogens with one attached hydrogen (secondary N) is 1. The van der Waals surface area contributed by atoms with E-state index >= 15 is 0 Å². The number of rotatable bonds is 5. The minimum Gasteiger partial charge on any atom is -0.411 e. The molecule has 0 amide bonds. The molecular formula is C13H29N3O. The summed E-state index contributed by atoms with van der Waals surface area (Å²) in [6.45, 7) is 11.9. The summed E-state index contributed by atoms with van der Waals surface area (Å²) in [6.07, 6.45) is 4.43. The largest absolute Gasteiger partial charge is 0.411 e. The predicted molar refractivity (Wildman–Crippen MR) is 74.0 cm³/mol. The Morgan fingerprint density at radius 1 is 1.18 bits per heavy atom. The van der Waals surface area contributed by atoms with Crippen molar-refractivity contribution in [3.8, 4) is 0 Å². The molecule has 0 aromatic rings. The quantitative estimate of drug-likeness (QED) is 0.575. The fraction of sp³-hybridized carbons (Fsp3) is 0.923. The van der Waals surface area contributed by atoms with Gasteiger partial charge >= 0.3 is 0 Å². The zero-order chi connectivity index (χ0) is 12.9. The van der Waals surface area contributed by atoms with Crippen molar-refractivity contribution in [2.45, 2.75) is 46.5 Å². The van der Waals surface area contributed by atoms with Gasteiger partial charge in [-0.3, -0.25) is 0 Å². The van der Waals surface area contributed by atoms with Crippen molar-refractivity contribution in [3.63, 3.8) is 0 Å². The zero-order valence-electron chi connectivity index (χ0n) is 11.7. The van der Waals surface area contributed by atoms with Gasteiger partial charge < -0.3 is 15.4 Å². The Kier molecular flexibility index (Phi) is 11.4. The summed E-state index contributed by atoms with van der Waals surface area (Å²) in [5, 5.41) is 14.9. The van der Waals surface area contributed by atoms with Crippen LogP contribution in [-0.4, -0.2) is 48.5 Å². The van der Waals surface area contributed by atoms with Gasteiger partial charge in [-0.1, -0.05) is 32.3 Å². The number of nitrogens with zero attached hydrogens (tertiary/aromatic N) is 2. The van der Waals surface area contributed by atoms with Gasteiger partial charge in [-0.05, 0) is 26.1 Å². The van der Waals surface area contributed by atoms with Gasteiger partial charge in [0.25, 0.3) is 0 Å². The maximum absolute atomic E-state index is 8.52. The molecule has 0 radical (unpaired) electrons. The molecule has 102 valence electrons. The van der Waals surface area contributed by atoms with Crippen molar-refractivity contribution in [3.05, 3.63) is 0 Å². The van der Waals surface area contributed by atoms with E-state index in [2.05, 4.69) is 36.1 Å². The van der Waals surface area contributed by atoms with Crippen LogP contribution in [0.3, 0.4) is 0 Å². The van der Waals surface area contributed by atoms with Gasteiger partial charge in [0.05, 0.1) is 5.71 Å². The Hall–Kier alpha value is -0.610. The third-order valence-corrected chi connectivity index (χ3v) is 2.90. The SMILES string of the molecule is CCCCN1CCC(=NO)CC1.CCNCC. The van der Waals surface area contributed by atoms with Crippen LogP contribution in [0.25, 0.3) is 0 Å². The molecular weight excluding hydrogens is 214 g/mol. The first-order chi connectivity index (χ1) is 8.28. The van der Waals surface area contributed by atoms with Crippen LogP contribution < -0.4 is 5.32 Å². The van der Waals surface area contributed by atoms with Crippen molar-refractivity contribution >= 4 is 5.71 Å². The van der Waals surface area contributed by atoms with E-state index in [1.807, 2.05) is 0 Å². The van der Waals surface area contributed by atoms with E-state index in [1.54, 1.807) is 0 Å². The first kappa shape index (κ1) is 16.4. The maximum Gasteiger partial charge on any atom is 0.0596 e. The molecule has 0 aromatic heterocycles. The molecule has 0 spiro atoms. The monoisotopic (exact) mass is 243 g/mol. The number of piperidine rings is 1. The highest BCUT2D eigenvalue weighted by molar-refractivity contribution is 5.84. The van der Waals surface area contributed by atoms with Gasteiger partial charge in [0, 0.05) is 25.9 Å². The number of likely N-dealkylation sites (tertiary alicyclic amines) is 1. The lowest BCUT2D eigenvalue weighted by molar-refractivity contribution is 0.260.